The van der Waals surface area contributed by atoms with Gasteiger partial charge in [0.15, 0.2) is 0 Å². The predicted octanol–water partition coefficient (Wildman–Crippen LogP) is 3.56. The number of nitrogens with one attached hydrogen (secondary N) is 1. The minimum absolute atomic E-state index is 0. The quantitative estimate of drug-likeness (QED) is 0.840. The third kappa shape index (κ3) is 6.45. The van der Waals surface area contributed by atoms with Crippen molar-refractivity contribution < 1.29 is 4.79 Å². The van der Waals surface area contributed by atoms with E-state index >= 15 is 0 Å². The Balaban J connectivity index is 0.00000243. The van der Waals surface area contributed by atoms with Crippen molar-refractivity contribution in [3.8, 4) is 0 Å². The van der Waals surface area contributed by atoms with Crippen LogP contribution >= 0.6 is 12.4 Å². The van der Waals surface area contributed by atoms with Gasteiger partial charge in [0.05, 0.1) is 0 Å². The first-order valence-corrected chi connectivity index (χ1v) is 9.04. The molecular formula is C21H28ClN3O. The molecule has 0 aliphatic carbocycles. The van der Waals surface area contributed by atoms with Gasteiger partial charge in [-0.1, -0.05) is 48.0 Å². The SMILES string of the molecule is Cc1ccc(NC(=O)CCN2CCN(Cc3ccccc3)CC2)cc1.Cl. The maximum absolute atomic E-state index is 12.1. The second-order valence-corrected chi connectivity index (χ2v) is 6.77. The first-order valence-electron chi connectivity index (χ1n) is 9.04. The molecule has 0 spiro atoms. The number of rotatable bonds is 6. The Morgan fingerprint density at radius 1 is 0.923 bits per heavy atom. The summed E-state index contributed by atoms with van der Waals surface area (Å²) in [4.78, 5) is 17.0. The zero-order chi connectivity index (χ0) is 17.5. The number of hydrogen-bond acceptors (Lipinski definition) is 3. The van der Waals surface area contributed by atoms with Gasteiger partial charge in [0, 0.05) is 51.4 Å². The molecular weight excluding hydrogens is 346 g/mol. The van der Waals surface area contributed by atoms with Crippen LogP contribution < -0.4 is 5.32 Å². The first-order chi connectivity index (χ1) is 12.2. The lowest BCUT2D eigenvalue weighted by Gasteiger charge is -2.34. The number of nitrogens with zero attached hydrogens (tertiary/aromatic N) is 2. The molecule has 0 unspecified atom stereocenters. The number of piperazine rings is 1. The lowest BCUT2D eigenvalue weighted by atomic mass is 10.2. The van der Waals surface area contributed by atoms with E-state index in [4.69, 9.17) is 0 Å². The molecule has 140 valence electrons. The first kappa shape index (κ1) is 20.4. The number of halogens is 1. The molecule has 5 heteroatoms. The molecule has 1 saturated heterocycles. The number of benzene rings is 2. The number of carbonyl (C=O) groups excluding carboxylic acids is 1. The van der Waals surface area contributed by atoms with E-state index in [-0.39, 0.29) is 18.3 Å². The van der Waals surface area contributed by atoms with Gasteiger partial charge in [-0.15, -0.1) is 12.4 Å². The summed E-state index contributed by atoms with van der Waals surface area (Å²) in [6.45, 7) is 8.08. The van der Waals surface area contributed by atoms with Crippen molar-refractivity contribution >= 4 is 24.0 Å². The molecule has 0 radical (unpaired) electrons. The highest BCUT2D eigenvalue weighted by Crippen LogP contribution is 2.11. The molecule has 1 aliphatic heterocycles. The van der Waals surface area contributed by atoms with Gasteiger partial charge in [0.2, 0.25) is 5.91 Å². The van der Waals surface area contributed by atoms with Crippen LogP contribution in [0.15, 0.2) is 54.6 Å². The fraction of sp³-hybridized carbons (Fsp3) is 0.381. The zero-order valence-electron chi connectivity index (χ0n) is 15.4. The number of hydrogen-bond donors (Lipinski definition) is 1. The third-order valence-corrected chi connectivity index (χ3v) is 4.70. The smallest absolute Gasteiger partial charge is 0.225 e. The third-order valence-electron chi connectivity index (χ3n) is 4.70. The number of carbonyl (C=O) groups is 1. The van der Waals surface area contributed by atoms with Crippen LogP contribution in [0.5, 0.6) is 0 Å². The van der Waals surface area contributed by atoms with Crippen molar-refractivity contribution in [2.45, 2.75) is 19.9 Å². The Morgan fingerprint density at radius 3 is 2.19 bits per heavy atom. The van der Waals surface area contributed by atoms with Crippen molar-refractivity contribution in [3.63, 3.8) is 0 Å². The topological polar surface area (TPSA) is 35.6 Å². The van der Waals surface area contributed by atoms with E-state index in [2.05, 4.69) is 45.4 Å². The van der Waals surface area contributed by atoms with E-state index < -0.39 is 0 Å². The minimum atomic E-state index is 0. The molecule has 0 saturated carbocycles. The van der Waals surface area contributed by atoms with Crippen molar-refractivity contribution in [3.05, 3.63) is 65.7 Å². The largest absolute Gasteiger partial charge is 0.326 e. The molecule has 1 N–H and O–H groups in total. The van der Waals surface area contributed by atoms with Gasteiger partial charge in [0.25, 0.3) is 0 Å². The summed E-state index contributed by atoms with van der Waals surface area (Å²) >= 11 is 0. The summed E-state index contributed by atoms with van der Waals surface area (Å²) in [5, 5.41) is 2.97. The summed E-state index contributed by atoms with van der Waals surface area (Å²) in [5.74, 6) is 0.0931. The lowest BCUT2D eigenvalue weighted by Crippen LogP contribution is -2.46. The van der Waals surface area contributed by atoms with Crippen molar-refractivity contribution in [2.24, 2.45) is 0 Å². The highest BCUT2D eigenvalue weighted by atomic mass is 35.5. The second-order valence-electron chi connectivity index (χ2n) is 6.77. The molecule has 1 heterocycles. The fourth-order valence-electron chi connectivity index (χ4n) is 3.13. The van der Waals surface area contributed by atoms with Crippen LogP contribution in [0.25, 0.3) is 0 Å². The predicted molar refractivity (Wildman–Crippen MR) is 110 cm³/mol. The van der Waals surface area contributed by atoms with Gasteiger partial charge >= 0.3 is 0 Å². The van der Waals surface area contributed by atoms with Gasteiger partial charge in [-0.05, 0) is 24.6 Å². The molecule has 4 nitrogen and oxygen atoms in total. The van der Waals surface area contributed by atoms with Crippen molar-refractivity contribution in [2.75, 3.05) is 38.0 Å². The Bertz CT molecular complexity index is 667. The Hall–Kier alpha value is -1.88. The van der Waals surface area contributed by atoms with Crippen LogP contribution in [-0.4, -0.2) is 48.4 Å². The molecule has 26 heavy (non-hydrogen) atoms. The molecule has 2 aromatic rings. The van der Waals surface area contributed by atoms with E-state index in [0.717, 1.165) is 45.0 Å². The van der Waals surface area contributed by atoms with Crippen LogP contribution in [0.2, 0.25) is 0 Å². The highest BCUT2D eigenvalue weighted by molar-refractivity contribution is 5.90. The van der Waals surface area contributed by atoms with E-state index in [1.165, 1.54) is 11.1 Å². The van der Waals surface area contributed by atoms with Gasteiger partial charge in [-0.25, -0.2) is 0 Å². The maximum atomic E-state index is 12.1. The van der Waals surface area contributed by atoms with Gasteiger partial charge < -0.3 is 10.2 Å². The van der Waals surface area contributed by atoms with Crippen LogP contribution in [-0.2, 0) is 11.3 Å². The number of aryl methyl sites for hydroxylation is 1. The van der Waals surface area contributed by atoms with E-state index in [9.17, 15) is 4.79 Å². The summed E-state index contributed by atoms with van der Waals surface area (Å²) < 4.78 is 0. The summed E-state index contributed by atoms with van der Waals surface area (Å²) in [7, 11) is 0. The number of anilines is 1. The van der Waals surface area contributed by atoms with Crippen LogP contribution in [0.3, 0.4) is 0 Å². The van der Waals surface area contributed by atoms with E-state index in [0.29, 0.717) is 6.42 Å². The minimum Gasteiger partial charge on any atom is -0.326 e. The zero-order valence-corrected chi connectivity index (χ0v) is 16.2. The summed E-state index contributed by atoms with van der Waals surface area (Å²) in [6, 6.07) is 18.6. The van der Waals surface area contributed by atoms with Crippen molar-refractivity contribution in [1.82, 2.24) is 9.80 Å². The van der Waals surface area contributed by atoms with Crippen LogP contribution in [0.1, 0.15) is 17.5 Å². The average molecular weight is 374 g/mol. The molecule has 1 amide bonds. The standard InChI is InChI=1S/C21H27N3O.ClH/c1-18-7-9-20(10-8-18)22-21(25)11-12-23-13-15-24(16-14-23)17-19-5-3-2-4-6-19;/h2-10H,11-17H2,1H3,(H,22,25);1H. The van der Waals surface area contributed by atoms with Gasteiger partial charge in [0.1, 0.15) is 0 Å². The molecule has 0 bridgehead atoms. The Kier molecular flexibility index (Phi) is 8.10. The molecule has 3 rings (SSSR count). The normalized spacial score (nSPS) is 15.3. The van der Waals surface area contributed by atoms with E-state index in [1.807, 2.05) is 31.2 Å². The summed E-state index contributed by atoms with van der Waals surface area (Å²) in [5.41, 5.74) is 3.45. The van der Waals surface area contributed by atoms with Crippen LogP contribution in [0, 0.1) is 6.92 Å². The fourth-order valence-corrected chi connectivity index (χ4v) is 3.13. The Labute approximate surface area is 162 Å². The van der Waals surface area contributed by atoms with E-state index in [1.54, 1.807) is 0 Å². The van der Waals surface area contributed by atoms with Crippen molar-refractivity contribution in [1.29, 1.82) is 0 Å². The Morgan fingerprint density at radius 2 is 1.54 bits per heavy atom. The van der Waals surface area contributed by atoms with Gasteiger partial charge in [-0.3, -0.25) is 9.69 Å². The second kappa shape index (κ2) is 10.3. The molecule has 1 fully saturated rings. The average Bonchev–Trinajstić information content (AvgIpc) is 2.64. The van der Waals surface area contributed by atoms with Crippen LogP contribution in [0.4, 0.5) is 5.69 Å². The maximum Gasteiger partial charge on any atom is 0.225 e. The molecule has 0 atom stereocenters. The van der Waals surface area contributed by atoms with Gasteiger partial charge in [-0.2, -0.15) is 0 Å². The molecule has 0 aromatic heterocycles. The lowest BCUT2D eigenvalue weighted by molar-refractivity contribution is -0.116. The highest BCUT2D eigenvalue weighted by Gasteiger charge is 2.17. The summed E-state index contributed by atoms with van der Waals surface area (Å²) in [6.07, 6.45) is 0.548. The molecule has 1 aliphatic rings. The molecule has 2 aromatic carbocycles. The monoisotopic (exact) mass is 373 g/mol. The number of amides is 1.